The standard InChI is InChI=1S/C26H33N3O2/c30-20-11-12-21-19(16-20)10-13-22-25(21)27-23(14-17-8-4-5-9-17)26(28-22)29-24(31)15-18-6-2-1-3-7-18/h11-12,16-18,30H,1-10,13-15H2,(H,28,29,31). The minimum Gasteiger partial charge on any atom is -0.508 e. The third-order valence-electron chi connectivity index (χ3n) is 7.43. The van der Waals surface area contributed by atoms with E-state index in [2.05, 4.69) is 5.32 Å². The summed E-state index contributed by atoms with van der Waals surface area (Å²) in [5.41, 5.74) is 5.02. The van der Waals surface area contributed by atoms with Crippen LogP contribution < -0.4 is 5.32 Å². The van der Waals surface area contributed by atoms with Gasteiger partial charge in [0.2, 0.25) is 5.91 Å². The van der Waals surface area contributed by atoms with E-state index in [-0.39, 0.29) is 5.91 Å². The van der Waals surface area contributed by atoms with Crippen LogP contribution in [0.1, 0.15) is 81.2 Å². The molecule has 0 spiro atoms. The van der Waals surface area contributed by atoms with E-state index in [0.717, 1.165) is 47.5 Å². The van der Waals surface area contributed by atoms with Crippen LogP contribution in [-0.4, -0.2) is 21.0 Å². The number of aryl methyl sites for hydroxylation is 2. The van der Waals surface area contributed by atoms with Crippen molar-refractivity contribution in [3.05, 3.63) is 35.2 Å². The molecule has 3 aliphatic carbocycles. The number of nitrogens with zero attached hydrogens (tertiary/aromatic N) is 2. The summed E-state index contributed by atoms with van der Waals surface area (Å²) >= 11 is 0. The van der Waals surface area contributed by atoms with Crippen LogP contribution >= 0.6 is 0 Å². The van der Waals surface area contributed by atoms with Gasteiger partial charge in [-0.3, -0.25) is 4.79 Å². The zero-order chi connectivity index (χ0) is 21.2. The molecule has 1 amide bonds. The molecule has 0 bridgehead atoms. The van der Waals surface area contributed by atoms with Crippen molar-refractivity contribution in [1.29, 1.82) is 0 Å². The van der Waals surface area contributed by atoms with Gasteiger partial charge in [-0.05, 0) is 67.7 Å². The van der Waals surface area contributed by atoms with E-state index in [9.17, 15) is 9.90 Å². The average Bonchev–Trinajstić information content (AvgIpc) is 3.28. The number of rotatable bonds is 5. The first kappa shape index (κ1) is 20.5. The van der Waals surface area contributed by atoms with E-state index < -0.39 is 0 Å². The SMILES string of the molecule is O=C(CC1CCCCC1)Nc1nc2c(nc1CC1CCCC1)-c1ccc(O)cc1CC2. The summed E-state index contributed by atoms with van der Waals surface area (Å²) in [4.78, 5) is 22.9. The largest absolute Gasteiger partial charge is 0.508 e. The molecule has 1 aromatic carbocycles. The van der Waals surface area contributed by atoms with Gasteiger partial charge < -0.3 is 10.4 Å². The highest BCUT2D eigenvalue weighted by Gasteiger charge is 2.26. The number of phenols is 1. The van der Waals surface area contributed by atoms with Crippen LogP contribution in [0.2, 0.25) is 0 Å². The maximum Gasteiger partial charge on any atom is 0.225 e. The van der Waals surface area contributed by atoms with Crippen molar-refractivity contribution in [2.24, 2.45) is 11.8 Å². The van der Waals surface area contributed by atoms with Gasteiger partial charge in [0.1, 0.15) is 5.75 Å². The van der Waals surface area contributed by atoms with Gasteiger partial charge in [-0.2, -0.15) is 0 Å². The fraction of sp³-hybridized carbons (Fsp3) is 0.577. The summed E-state index contributed by atoms with van der Waals surface area (Å²) in [7, 11) is 0. The van der Waals surface area contributed by atoms with Crippen LogP contribution in [0, 0.1) is 11.8 Å². The predicted octanol–water partition coefficient (Wildman–Crippen LogP) is 5.59. The Hall–Kier alpha value is -2.43. The van der Waals surface area contributed by atoms with E-state index >= 15 is 0 Å². The van der Waals surface area contributed by atoms with Gasteiger partial charge in [-0.15, -0.1) is 0 Å². The number of carbonyl (C=O) groups is 1. The van der Waals surface area contributed by atoms with E-state index in [1.54, 1.807) is 6.07 Å². The monoisotopic (exact) mass is 419 g/mol. The first-order chi connectivity index (χ1) is 15.2. The molecule has 2 saturated carbocycles. The van der Waals surface area contributed by atoms with Crippen molar-refractivity contribution in [2.75, 3.05) is 5.32 Å². The number of amides is 1. The van der Waals surface area contributed by atoms with Gasteiger partial charge in [0.25, 0.3) is 0 Å². The molecule has 0 unspecified atom stereocenters. The third kappa shape index (κ3) is 4.60. The summed E-state index contributed by atoms with van der Waals surface area (Å²) in [6.45, 7) is 0. The zero-order valence-electron chi connectivity index (χ0n) is 18.3. The number of fused-ring (bicyclic) bond motifs is 3. The summed E-state index contributed by atoms with van der Waals surface area (Å²) in [6, 6.07) is 5.53. The Labute approximate surface area is 184 Å². The molecule has 0 atom stereocenters. The van der Waals surface area contributed by atoms with Crippen LogP contribution in [0.4, 0.5) is 5.82 Å². The fourth-order valence-electron chi connectivity index (χ4n) is 5.73. The third-order valence-corrected chi connectivity index (χ3v) is 7.43. The number of nitrogens with one attached hydrogen (secondary N) is 1. The van der Waals surface area contributed by atoms with Crippen molar-refractivity contribution in [1.82, 2.24) is 9.97 Å². The molecule has 0 radical (unpaired) electrons. The lowest BCUT2D eigenvalue weighted by Gasteiger charge is -2.23. The lowest BCUT2D eigenvalue weighted by atomic mass is 9.87. The van der Waals surface area contributed by atoms with Gasteiger partial charge in [0.05, 0.1) is 17.1 Å². The minimum atomic E-state index is 0.0925. The highest BCUT2D eigenvalue weighted by molar-refractivity contribution is 5.90. The van der Waals surface area contributed by atoms with Crippen LogP contribution in [0.3, 0.4) is 0 Å². The number of hydrogen-bond donors (Lipinski definition) is 2. The summed E-state index contributed by atoms with van der Waals surface area (Å²) in [5.74, 6) is 2.22. The highest BCUT2D eigenvalue weighted by atomic mass is 16.3. The van der Waals surface area contributed by atoms with E-state index in [1.165, 1.54) is 57.8 Å². The van der Waals surface area contributed by atoms with Crippen molar-refractivity contribution >= 4 is 11.7 Å². The Bertz CT molecular complexity index is 959. The van der Waals surface area contributed by atoms with Gasteiger partial charge >= 0.3 is 0 Å². The highest BCUT2D eigenvalue weighted by Crippen LogP contribution is 2.36. The Kier molecular flexibility index (Phi) is 5.93. The normalized spacial score (nSPS) is 19.1. The molecule has 0 aliphatic heterocycles. The molecule has 5 nitrogen and oxygen atoms in total. The molecule has 1 aromatic heterocycles. The van der Waals surface area contributed by atoms with Crippen molar-refractivity contribution in [3.63, 3.8) is 0 Å². The number of aromatic hydroxyl groups is 1. The molecule has 164 valence electrons. The lowest BCUT2D eigenvalue weighted by Crippen LogP contribution is -2.22. The maximum absolute atomic E-state index is 12.9. The number of aromatic nitrogens is 2. The maximum atomic E-state index is 12.9. The second kappa shape index (κ2) is 8.97. The van der Waals surface area contributed by atoms with E-state index in [1.807, 2.05) is 12.1 Å². The smallest absolute Gasteiger partial charge is 0.225 e. The second-order valence-electron chi connectivity index (χ2n) is 9.77. The van der Waals surface area contributed by atoms with Gasteiger partial charge in [0.15, 0.2) is 5.82 Å². The summed E-state index contributed by atoms with van der Waals surface area (Å²) in [5, 5.41) is 13.0. The Morgan fingerprint density at radius 3 is 2.52 bits per heavy atom. The Morgan fingerprint density at radius 2 is 1.71 bits per heavy atom. The molecule has 2 aromatic rings. The minimum absolute atomic E-state index is 0.0925. The number of anilines is 1. The van der Waals surface area contributed by atoms with Crippen molar-refractivity contribution in [2.45, 2.75) is 83.5 Å². The summed E-state index contributed by atoms with van der Waals surface area (Å²) in [6.07, 6.45) is 14.3. The Balaban J connectivity index is 1.43. The first-order valence-electron chi connectivity index (χ1n) is 12.2. The molecule has 31 heavy (non-hydrogen) atoms. The quantitative estimate of drug-likeness (QED) is 0.662. The number of hydrogen-bond acceptors (Lipinski definition) is 4. The Morgan fingerprint density at radius 1 is 0.968 bits per heavy atom. The lowest BCUT2D eigenvalue weighted by molar-refractivity contribution is -0.117. The number of carbonyl (C=O) groups excluding carboxylic acids is 1. The van der Waals surface area contributed by atoms with Crippen molar-refractivity contribution in [3.8, 4) is 17.0 Å². The van der Waals surface area contributed by atoms with Gasteiger partial charge in [-0.25, -0.2) is 9.97 Å². The van der Waals surface area contributed by atoms with Crippen LogP contribution in [0.15, 0.2) is 18.2 Å². The molecule has 2 fully saturated rings. The van der Waals surface area contributed by atoms with E-state index in [4.69, 9.17) is 9.97 Å². The topological polar surface area (TPSA) is 75.1 Å². The van der Waals surface area contributed by atoms with Crippen molar-refractivity contribution < 1.29 is 9.90 Å². The first-order valence-corrected chi connectivity index (χ1v) is 12.2. The van der Waals surface area contributed by atoms with Crippen LogP contribution in [-0.2, 0) is 24.1 Å². The van der Waals surface area contributed by atoms with Gasteiger partial charge in [0, 0.05) is 12.0 Å². The van der Waals surface area contributed by atoms with Crippen LogP contribution in [0.25, 0.3) is 11.3 Å². The summed E-state index contributed by atoms with van der Waals surface area (Å²) < 4.78 is 0. The fourth-order valence-corrected chi connectivity index (χ4v) is 5.73. The molecule has 5 heteroatoms. The molecule has 5 rings (SSSR count). The number of benzene rings is 1. The van der Waals surface area contributed by atoms with Crippen LogP contribution in [0.5, 0.6) is 5.75 Å². The molecule has 2 N–H and O–H groups in total. The second-order valence-corrected chi connectivity index (χ2v) is 9.77. The van der Waals surface area contributed by atoms with E-state index in [0.29, 0.717) is 29.8 Å². The van der Waals surface area contributed by atoms with Gasteiger partial charge in [-0.1, -0.05) is 44.9 Å². The molecular formula is C26H33N3O2. The molecule has 1 heterocycles. The predicted molar refractivity (Wildman–Crippen MR) is 122 cm³/mol. The zero-order valence-corrected chi connectivity index (χ0v) is 18.3. The molecular weight excluding hydrogens is 386 g/mol. The number of phenolic OH excluding ortho intramolecular Hbond substituents is 1. The molecule has 0 saturated heterocycles. The average molecular weight is 420 g/mol. The molecule has 3 aliphatic rings.